The molecule has 3 aliphatic rings. The van der Waals surface area contributed by atoms with Gasteiger partial charge in [-0.15, -0.1) is 0 Å². The Morgan fingerprint density at radius 2 is 1.64 bits per heavy atom. The number of nitrogens with one attached hydrogen (secondary N) is 3. The molecule has 0 aromatic carbocycles. The van der Waals surface area contributed by atoms with Gasteiger partial charge in [-0.05, 0) is 42.9 Å². The fourth-order valence-corrected chi connectivity index (χ4v) is 5.85. The van der Waals surface area contributed by atoms with Gasteiger partial charge in [-0.1, -0.05) is 66.2 Å². The minimum absolute atomic E-state index is 0.0246. The molecule has 1 aliphatic heterocycles. The van der Waals surface area contributed by atoms with Crippen molar-refractivity contribution in [3.8, 4) is 0 Å². The van der Waals surface area contributed by atoms with Crippen molar-refractivity contribution in [2.24, 2.45) is 23.0 Å². The third-order valence-corrected chi connectivity index (χ3v) is 8.37. The van der Waals surface area contributed by atoms with E-state index >= 15 is 0 Å². The number of primary amides is 1. The molecule has 0 bridgehead atoms. The summed E-state index contributed by atoms with van der Waals surface area (Å²) in [4.78, 5) is 65.9. The van der Waals surface area contributed by atoms with Crippen LogP contribution in [0.1, 0.15) is 91.9 Å². The largest absolute Gasteiger partial charge is 0.394 e. The van der Waals surface area contributed by atoms with Crippen molar-refractivity contribution >= 4 is 29.5 Å². The Balaban J connectivity index is 1.74. The predicted octanol–water partition coefficient (Wildman–Crippen LogP) is 1.36. The van der Waals surface area contributed by atoms with Gasteiger partial charge in [-0.25, -0.2) is 4.79 Å². The third kappa shape index (κ3) is 8.16. The number of nitrogens with zero attached hydrogens (tertiary/aromatic N) is 1. The summed E-state index contributed by atoms with van der Waals surface area (Å²) >= 11 is 0. The Morgan fingerprint density at radius 1 is 1.03 bits per heavy atom. The molecule has 2 unspecified atom stereocenters. The van der Waals surface area contributed by atoms with E-state index in [0.29, 0.717) is 32.2 Å². The molecule has 0 aromatic rings. The lowest BCUT2D eigenvalue weighted by Crippen LogP contribution is -2.62. The van der Waals surface area contributed by atoms with Gasteiger partial charge in [-0.2, -0.15) is 0 Å². The Labute approximate surface area is 231 Å². The van der Waals surface area contributed by atoms with Crippen molar-refractivity contribution < 1.29 is 29.1 Å². The first kappa shape index (κ1) is 30.8. The smallest absolute Gasteiger partial charge is 0.315 e. The van der Waals surface area contributed by atoms with E-state index in [0.717, 1.165) is 38.5 Å². The van der Waals surface area contributed by atoms with Crippen molar-refractivity contribution in [1.29, 1.82) is 0 Å². The quantitative estimate of drug-likeness (QED) is 0.203. The van der Waals surface area contributed by atoms with Crippen LogP contribution in [0.3, 0.4) is 0 Å². The van der Waals surface area contributed by atoms with Crippen LogP contribution in [0.2, 0.25) is 0 Å². The Hall–Kier alpha value is -2.69. The van der Waals surface area contributed by atoms with E-state index in [9.17, 15) is 29.1 Å². The molecular formula is C28H47N5O6. The van der Waals surface area contributed by atoms with Crippen molar-refractivity contribution in [2.45, 2.75) is 116 Å². The molecule has 1 saturated heterocycles. The second kappa shape index (κ2) is 12.7. The highest BCUT2D eigenvalue weighted by Gasteiger charge is 2.45. The zero-order chi connectivity index (χ0) is 29.0. The number of carbonyl (C=O) groups excluding carboxylic acids is 5. The van der Waals surface area contributed by atoms with Gasteiger partial charge >= 0.3 is 6.03 Å². The molecule has 11 nitrogen and oxygen atoms in total. The van der Waals surface area contributed by atoms with Gasteiger partial charge in [0.1, 0.15) is 12.1 Å². The molecule has 1 heterocycles. The van der Waals surface area contributed by atoms with Crippen LogP contribution in [0.15, 0.2) is 0 Å². The van der Waals surface area contributed by atoms with Gasteiger partial charge in [-0.3, -0.25) is 19.2 Å². The SMILES string of the molecule is C[C@@H]1CC(C(=O)NC(CC2CC2)C(=O)C(N)=O)N(C(=O)[C@@H](NC(=O)NC2(CO)CCCCCC2)C(C)(C)C)C1. The average Bonchev–Trinajstić information content (AvgIpc) is 3.64. The standard InChI is InChI=1S/C28H47N5O6/c1-17-13-20(24(37)30-19(14-18-9-10-18)21(35)23(29)36)33(15-17)25(38)22(27(2,3)4)31-26(39)32-28(16-34)11-7-5-6-8-12-28/h17-20,22,34H,5-16H2,1-4H3,(H2,29,36)(H,30,37)(H2,31,32,39)/t17-,19?,20?,22-/m1/s1. The summed E-state index contributed by atoms with van der Waals surface area (Å²) < 4.78 is 0. The molecule has 3 fully saturated rings. The first-order valence-corrected chi connectivity index (χ1v) is 14.4. The lowest BCUT2D eigenvalue weighted by Gasteiger charge is -2.37. The normalized spacial score (nSPS) is 24.7. The first-order chi connectivity index (χ1) is 18.3. The maximum atomic E-state index is 13.9. The number of Topliss-reactive ketones (excluding diaryl/α,β-unsaturated/α-hetero) is 1. The van der Waals surface area contributed by atoms with Crippen LogP contribution in [0.4, 0.5) is 4.79 Å². The summed E-state index contributed by atoms with van der Waals surface area (Å²) in [5, 5.41) is 18.6. The highest BCUT2D eigenvalue weighted by atomic mass is 16.3. The number of aliphatic hydroxyl groups excluding tert-OH is 1. The molecular weight excluding hydrogens is 502 g/mol. The summed E-state index contributed by atoms with van der Waals surface area (Å²) in [5.74, 6) is -2.52. The van der Waals surface area contributed by atoms with Crippen LogP contribution < -0.4 is 21.7 Å². The highest BCUT2D eigenvalue weighted by Crippen LogP contribution is 2.34. The zero-order valence-electron chi connectivity index (χ0n) is 23.9. The number of hydrogen-bond acceptors (Lipinski definition) is 6. The van der Waals surface area contributed by atoms with E-state index in [2.05, 4.69) is 16.0 Å². The summed E-state index contributed by atoms with van der Waals surface area (Å²) in [7, 11) is 0. The van der Waals surface area contributed by atoms with Gasteiger partial charge in [0, 0.05) is 6.54 Å². The first-order valence-electron chi connectivity index (χ1n) is 14.4. The van der Waals surface area contributed by atoms with E-state index in [4.69, 9.17) is 5.73 Å². The number of rotatable bonds is 10. The Bertz CT molecular complexity index is 935. The molecule has 4 atom stereocenters. The molecule has 0 aromatic heterocycles. The van der Waals surface area contributed by atoms with Gasteiger partial charge in [0.05, 0.1) is 18.2 Å². The number of hydrogen-bond donors (Lipinski definition) is 5. The molecule has 5 amide bonds. The van der Waals surface area contributed by atoms with Gasteiger partial charge in [0.2, 0.25) is 17.6 Å². The van der Waals surface area contributed by atoms with E-state index in [1.165, 1.54) is 4.90 Å². The summed E-state index contributed by atoms with van der Waals surface area (Å²) in [6.07, 6.45) is 7.87. The summed E-state index contributed by atoms with van der Waals surface area (Å²) in [5.41, 5.74) is 3.83. The van der Waals surface area contributed by atoms with Crippen molar-refractivity contribution in [3.63, 3.8) is 0 Å². The molecule has 3 rings (SSSR count). The van der Waals surface area contributed by atoms with Gasteiger partial charge in [0.15, 0.2) is 0 Å². The number of likely N-dealkylation sites (tertiary alicyclic amines) is 1. The van der Waals surface area contributed by atoms with Gasteiger partial charge in [0.25, 0.3) is 5.91 Å². The van der Waals surface area contributed by atoms with Crippen molar-refractivity contribution in [1.82, 2.24) is 20.9 Å². The lowest BCUT2D eigenvalue weighted by molar-refractivity contribution is -0.143. The second-order valence-electron chi connectivity index (χ2n) is 13.1. The predicted molar refractivity (Wildman–Crippen MR) is 145 cm³/mol. The topological polar surface area (TPSA) is 171 Å². The number of ketones is 1. The molecule has 0 spiro atoms. The minimum atomic E-state index is -1.09. The molecule has 11 heteroatoms. The molecule has 220 valence electrons. The maximum Gasteiger partial charge on any atom is 0.315 e. The molecule has 0 radical (unpaired) electrons. The van der Waals surface area contributed by atoms with Crippen LogP contribution >= 0.6 is 0 Å². The van der Waals surface area contributed by atoms with Crippen LogP contribution in [-0.2, 0) is 19.2 Å². The van der Waals surface area contributed by atoms with Gasteiger partial charge < -0.3 is 31.7 Å². The molecule has 2 saturated carbocycles. The molecule has 2 aliphatic carbocycles. The van der Waals surface area contributed by atoms with E-state index in [1.807, 2.05) is 27.7 Å². The Kier molecular flexibility index (Phi) is 10.0. The van der Waals surface area contributed by atoms with Crippen molar-refractivity contribution in [2.75, 3.05) is 13.2 Å². The fourth-order valence-electron chi connectivity index (χ4n) is 5.85. The number of urea groups is 1. The Morgan fingerprint density at radius 3 is 2.15 bits per heavy atom. The van der Waals surface area contributed by atoms with Crippen LogP contribution in [-0.4, -0.2) is 76.4 Å². The lowest BCUT2D eigenvalue weighted by atomic mass is 9.85. The van der Waals surface area contributed by atoms with Crippen LogP contribution in [0.25, 0.3) is 0 Å². The van der Waals surface area contributed by atoms with E-state index < -0.39 is 52.7 Å². The number of nitrogens with two attached hydrogens (primary N) is 1. The zero-order valence-corrected chi connectivity index (χ0v) is 23.9. The third-order valence-electron chi connectivity index (χ3n) is 8.37. The summed E-state index contributed by atoms with van der Waals surface area (Å²) in [6, 6.07) is -3.31. The average molecular weight is 550 g/mol. The van der Waals surface area contributed by atoms with E-state index in [1.54, 1.807) is 0 Å². The summed E-state index contributed by atoms with van der Waals surface area (Å²) in [6.45, 7) is 7.61. The number of carbonyl (C=O) groups is 5. The number of amides is 5. The van der Waals surface area contributed by atoms with Crippen LogP contribution in [0, 0.1) is 17.3 Å². The maximum absolute atomic E-state index is 13.9. The monoisotopic (exact) mass is 549 g/mol. The van der Waals surface area contributed by atoms with Crippen molar-refractivity contribution in [3.05, 3.63) is 0 Å². The number of aliphatic hydroxyl groups is 1. The molecule has 39 heavy (non-hydrogen) atoms. The fraction of sp³-hybridized carbons (Fsp3) is 0.821. The second-order valence-corrected chi connectivity index (χ2v) is 13.1. The van der Waals surface area contributed by atoms with E-state index in [-0.39, 0.29) is 24.3 Å². The molecule has 6 N–H and O–H groups in total. The highest BCUT2D eigenvalue weighted by molar-refractivity contribution is 6.37. The minimum Gasteiger partial charge on any atom is -0.394 e. The van der Waals surface area contributed by atoms with Crippen LogP contribution in [0.5, 0.6) is 0 Å².